The van der Waals surface area contributed by atoms with E-state index in [4.69, 9.17) is 15.5 Å². The number of carbonyl (C=O) groups excluding carboxylic acids is 2. The van der Waals surface area contributed by atoms with Gasteiger partial charge in [0.05, 0.1) is 17.6 Å². The van der Waals surface area contributed by atoms with Crippen LogP contribution in [0.15, 0.2) is 53.5 Å². The summed E-state index contributed by atoms with van der Waals surface area (Å²) in [6, 6.07) is 8.55. The lowest BCUT2D eigenvalue weighted by Crippen LogP contribution is -2.44. The van der Waals surface area contributed by atoms with E-state index in [1.807, 2.05) is 30.6 Å². The zero-order valence-electron chi connectivity index (χ0n) is 21.4. The molecule has 196 valence electrons. The fraction of sp³-hybridized carbons (Fsp3) is 0.407. The summed E-state index contributed by atoms with van der Waals surface area (Å²) >= 11 is 0. The molecule has 1 saturated heterocycles. The van der Waals surface area contributed by atoms with Gasteiger partial charge in [0, 0.05) is 38.4 Å². The Balaban J connectivity index is 1.65. The van der Waals surface area contributed by atoms with Gasteiger partial charge in [0.1, 0.15) is 11.3 Å². The molecule has 0 aliphatic carbocycles. The van der Waals surface area contributed by atoms with Gasteiger partial charge in [-0.3, -0.25) is 14.4 Å². The van der Waals surface area contributed by atoms with Gasteiger partial charge in [0.15, 0.2) is 12.4 Å². The smallest absolute Gasteiger partial charge is 0.277 e. The first-order valence-electron chi connectivity index (χ1n) is 12.7. The van der Waals surface area contributed by atoms with Crippen molar-refractivity contribution >= 4 is 28.7 Å². The fourth-order valence-electron chi connectivity index (χ4n) is 4.56. The van der Waals surface area contributed by atoms with Crippen molar-refractivity contribution in [2.75, 3.05) is 31.1 Å². The van der Waals surface area contributed by atoms with E-state index in [1.54, 1.807) is 36.5 Å². The van der Waals surface area contributed by atoms with Gasteiger partial charge < -0.3 is 29.8 Å². The summed E-state index contributed by atoms with van der Waals surface area (Å²) < 4.78 is 8.89. The van der Waals surface area contributed by atoms with Crippen molar-refractivity contribution in [3.8, 4) is 5.75 Å². The van der Waals surface area contributed by atoms with Gasteiger partial charge in [0.25, 0.3) is 11.5 Å². The Kier molecular flexibility index (Phi) is 8.39. The molecule has 3 N–H and O–H groups in total. The van der Waals surface area contributed by atoms with Gasteiger partial charge in [-0.2, -0.15) is 0 Å². The molecule has 1 atom stereocenters. The molecule has 1 aliphatic heterocycles. The van der Waals surface area contributed by atoms with E-state index in [0.717, 1.165) is 19.4 Å². The number of hydrogen-bond acceptors (Lipinski definition) is 7. The topological polar surface area (TPSA) is 124 Å². The Morgan fingerprint density at radius 1 is 1.27 bits per heavy atom. The highest BCUT2D eigenvalue weighted by atomic mass is 16.5. The molecule has 0 saturated carbocycles. The minimum atomic E-state index is -0.297. The van der Waals surface area contributed by atoms with Crippen LogP contribution in [0.25, 0.3) is 11.0 Å². The summed E-state index contributed by atoms with van der Waals surface area (Å²) in [5.41, 5.74) is 7.25. The number of amides is 1. The van der Waals surface area contributed by atoms with E-state index in [-0.39, 0.29) is 36.4 Å². The molecule has 1 aliphatic rings. The normalized spacial score (nSPS) is 15.9. The highest BCUT2D eigenvalue weighted by molar-refractivity contribution is 5.98. The Labute approximate surface area is 215 Å². The van der Waals surface area contributed by atoms with Crippen LogP contribution in [0.4, 0.5) is 5.95 Å². The average molecular weight is 507 g/mol. The molecule has 10 heteroatoms. The van der Waals surface area contributed by atoms with Crippen molar-refractivity contribution < 1.29 is 14.3 Å². The minimum absolute atomic E-state index is 0.0633. The summed E-state index contributed by atoms with van der Waals surface area (Å²) in [6.07, 6.45) is 7.43. The highest BCUT2D eigenvalue weighted by Crippen LogP contribution is 2.24. The lowest BCUT2D eigenvalue weighted by molar-refractivity contribution is -0.123. The molecular formula is C27H34N6O4. The second-order valence-electron chi connectivity index (χ2n) is 9.08. The number of carbonyl (C=O) groups is 2. The number of hydrogen-bond donors (Lipinski definition) is 2. The molecule has 1 fully saturated rings. The monoisotopic (exact) mass is 506 g/mol. The number of nitrogens with two attached hydrogens (primary N) is 1. The lowest BCUT2D eigenvalue weighted by Gasteiger charge is -2.31. The first kappa shape index (κ1) is 26.2. The third kappa shape index (κ3) is 5.91. The van der Waals surface area contributed by atoms with Crippen molar-refractivity contribution in [1.82, 2.24) is 19.4 Å². The number of piperidine rings is 1. The van der Waals surface area contributed by atoms with Gasteiger partial charge in [-0.1, -0.05) is 24.3 Å². The zero-order valence-corrected chi connectivity index (χ0v) is 21.4. The van der Waals surface area contributed by atoms with Crippen molar-refractivity contribution in [3.63, 3.8) is 0 Å². The Hall–Kier alpha value is -3.92. The maximum Gasteiger partial charge on any atom is 0.277 e. The van der Waals surface area contributed by atoms with E-state index in [9.17, 15) is 14.4 Å². The summed E-state index contributed by atoms with van der Waals surface area (Å²) in [5.74, 6) is 0.448. The van der Waals surface area contributed by atoms with Gasteiger partial charge >= 0.3 is 0 Å². The van der Waals surface area contributed by atoms with E-state index in [0.29, 0.717) is 47.9 Å². The molecule has 1 amide bonds. The molecule has 10 nitrogen and oxygen atoms in total. The van der Waals surface area contributed by atoms with Crippen LogP contribution in [0.2, 0.25) is 0 Å². The number of pyridine rings is 1. The third-order valence-corrected chi connectivity index (χ3v) is 6.35. The van der Waals surface area contributed by atoms with Crippen LogP contribution in [0.1, 0.15) is 37.0 Å². The quantitative estimate of drug-likeness (QED) is 0.319. The molecule has 4 rings (SSSR count). The summed E-state index contributed by atoms with van der Waals surface area (Å²) in [7, 11) is 0. The maximum absolute atomic E-state index is 13.6. The Morgan fingerprint density at radius 3 is 2.84 bits per heavy atom. The van der Waals surface area contributed by atoms with Crippen LogP contribution < -0.4 is 26.2 Å². The number of para-hydroxylation sites is 1. The average Bonchev–Trinajstić information content (AvgIpc) is 3.27. The number of benzene rings is 1. The zero-order chi connectivity index (χ0) is 26.4. The molecule has 3 heterocycles. The number of ketones is 1. The van der Waals surface area contributed by atoms with Crippen LogP contribution in [0.3, 0.4) is 0 Å². The molecule has 0 radical (unpaired) electrons. The van der Waals surface area contributed by atoms with E-state index >= 15 is 0 Å². The predicted octanol–water partition coefficient (Wildman–Crippen LogP) is 2.10. The van der Waals surface area contributed by atoms with Gasteiger partial charge in [-0.05, 0) is 44.9 Å². The van der Waals surface area contributed by atoms with Crippen LogP contribution >= 0.6 is 0 Å². The second-order valence-corrected chi connectivity index (χ2v) is 9.08. The van der Waals surface area contributed by atoms with Crippen LogP contribution in [0.5, 0.6) is 5.75 Å². The number of nitrogens with one attached hydrogen (secondary N) is 1. The number of aromatic nitrogens is 3. The molecule has 1 aromatic carbocycles. The first-order chi connectivity index (χ1) is 17.9. The molecule has 0 spiro atoms. The SMILES string of the molecule is C/C=C/Cn1c(N2CCCC(N)C2)nc2ccn(CC(=O)c3ccccc3OCC(=O)NCC)c(=O)c21. The minimum Gasteiger partial charge on any atom is -0.483 e. The first-order valence-corrected chi connectivity index (χ1v) is 12.7. The number of rotatable bonds is 10. The molecule has 2 aromatic heterocycles. The Morgan fingerprint density at radius 2 is 2.08 bits per heavy atom. The molecule has 1 unspecified atom stereocenters. The molecule has 37 heavy (non-hydrogen) atoms. The van der Waals surface area contributed by atoms with Crippen molar-refractivity contribution in [2.45, 2.75) is 45.8 Å². The van der Waals surface area contributed by atoms with Gasteiger partial charge in [0.2, 0.25) is 5.95 Å². The van der Waals surface area contributed by atoms with E-state index < -0.39 is 0 Å². The molecular weight excluding hydrogens is 472 g/mol. The molecule has 3 aromatic rings. The summed E-state index contributed by atoms with van der Waals surface area (Å²) in [6.45, 7) is 5.86. The van der Waals surface area contributed by atoms with E-state index in [1.165, 1.54) is 4.57 Å². The van der Waals surface area contributed by atoms with Crippen LogP contribution in [-0.4, -0.2) is 58.1 Å². The number of likely N-dealkylation sites (N-methyl/N-ethyl adjacent to an activating group) is 1. The summed E-state index contributed by atoms with van der Waals surface area (Å²) in [5, 5.41) is 2.66. The maximum atomic E-state index is 13.6. The Bertz CT molecular complexity index is 1360. The standard InChI is InChI=1S/C27H34N6O4/c1-3-5-14-33-25-21(30-27(33)32-13-8-9-19(28)16-32)12-15-31(26(25)36)17-22(34)20-10-6-7-11-23(20)37-18-24(35)29-4-2/h3,5-7,10-12,15,19H,4,8-9,13-14,16-18,28H2,1-2H3,(H,29,35)/b5-3+. The molecule has 0 bridgehead atoms. The lowest BCUT2D eigenvalue weighted by atomic mass is 10.1. The summed E-state index contributed by atoms with van der Waals surface area (Å²) in [4.78, 5) is 45.6. The number of ether oxygens (including phenoxy) is 1. The number of Topliss-reactive ketones (excluding diaryl/α,β-unsaturated/α-hetero) is 1. The van der Waals surface area contributed by atoms with Crippen LogP contribution in [-0.2, 0) is 17.9 Å². The van der Waals surface area contributed by atoms with Gasteiger partial charge in [-0.15, -0.1) is 0 Å². The number of imidazole rings is 1. The number of anilines is 1. The van der Waals surface area contributed by atoms with Crippen molar-refractivity contribution in [2.24, 2.45) is 5.73 Å². The fourth-order valence-corrected chi connectivity index (χ4v) is 4.56. The number of allylic oxidation sites excluding steroid dienone is 2. The van der Waals surface area contributed by atoms with Crippen molar-refractivity contribution in [3.05, 3.63) is 64.6 Å². The highest BCUT2D eigenvalue weighted by Gasteiger charge is 2.24. The largest absolute Gasteiger partial charge is 0.483 e. The number of nitrogens with zero attached hydrogens (tertiary/aromatic N) is 4. The van der Waals surface area contributed by atoms with E-state index in [2.05, 4.69) is 10.2 Å². The predicted molar refractivity (Wildman–Crippen MR) is 143 cm³/mol. The van der Waals surface area contributed by atoms with Crippen molar-refractivity contribution in [1.29, 1.82) is 0 Å². The number of fused-ring (bicyclic) bond motifs is 1. The van der Waals surface area contributed by atoms with Crippen LogP contribution in [0, 0.1) is 0 Å². The van der Waals surface area contributed by atoms with Gasteiger partial charge in [-0.25, -0.2) is 4.98 Å². The third-order valence-electron chi connectivity index (χ3n) is 6.35. The second kappa shape index (κ2) is 11.9.